The number of β-amino-alcohol motifs (C(OH)–C–C–N with tert-alkyl or cyclic N) is 1. The standard InChI is InChI=1S/C14H22N2O2/c1-12-2-3-14(18)13(10-12)11-16-6-4-15(5-7-16)8-9-17/h2-3,10,17-18H,4-9,11H2,1H3. The molecule has 0 aliphatic carbocycles. The molecule has 18 heavy (non-hydrogen) atoms. The fourth-order valence-electron chi connectivity index (χ4n) is 2.39. The summed E-state index contributed by atoms with van der Waals surface area (Å²) in [6.45, 7) is 7.83. The Balaban J connectivity index is 1.89. The van der Waals surface area contributed by atoms with Crippen molar-refractivity contribution in [1.82, 2.24) is 9.80 Å². The molecule has 1 fully saturated rings. The SMILES string of the molecule is Cc1ccc(O)c(CN2CCN(CCO)CC2)c1. The number of aliphatic hydroxyl groups is 1. The molecule has 0 bridgehead atoms. The highest BCUT2D eigenvalue weighted by Crippen LogP contribution is 2.20. The van der Waals surface area contributed by atoms with Crippen LogP contribution in [0.4, 0.5) is 0 Å². The molecular weight excluding hydrogens is 228 g/mol. The average Bonchev–Trinajstić information content (AvgIpc) is 2.37. The summed E-state index contributed by atoms with van der Waals surface area (Å²) in [5, 5.41) is 18.7. The third-order valence-electron chi connectivity index (χ3n) is 3.51. The Morgan fingerprint density at radius 2 is 1.78 bits per heavy atom. The molecule has 1 aliphatic heterocycles. The highest BCUT2D eigenvalue weighted by Gasteiger charge is 2.17. The van der Waals surface area contributed by atoms with E-state index in [1.807, 2.05) is 13.0 Å². The molecular formula is C14H22N2O2. The van der Waals surface area contributed by atoms with E-state index < -0.39 is 0 Å². The zero-order valence-electron chi connectivity index (χ0n) is 11.0. The van der Waals surface area contributed by atoms with E-state index in [0.717, 1.165) is 44.8 Å². The second kappa shape index (κ2) is 6.18. The maximum Gasteiger partial charge on any atom is 0.120 e. The van der Waals surface area contributed by atoms with Crippen molar-refractivity contribution in [3.05, 3.63) is 29.3 Å². The molecule has 1 aromatic carbocycles. The van der Waals surface area contributed by atoms with Crippen molar-refractivity contribution in [3.8, 4) is 5.75 Å². The molecule has 0 saturated carbocycles. The first-order valence-electron chi connectivity index (χ1n) is 6.53. The van der Waals surface area contributed by atoms with Crippen LogP contribution in [-0.2, 0) is 6.54 Å². The van der Waals surface area contributed by atoms with Gasteiger partial charge in [0.15, 0.2) is 0 Å². The number of benzene rings is 1. The molecule has 100 valence electrons. The highest BCUT2D eigenvalue weighted by atomic mass is 16.3. The second-order valence-corrected chi connectivity index (χ2v) is 4.97. The van der Waals surface area contributed by atoms with Gasteiger partial charge < -0.3 is 10.2 Å². The van der Waals surface area contributed by atoms with E-state index >= 15 is 0 Å². The Hall–Kier alpha value is -1.10. The van der Waals surface area contributed by atoms with E-state index in [1.165, 1.54) is 5.56 Å². The van der Waals surface area contributed by atoms with Crippen LogP contribution in [0.1, 0.15) is 11.1 Å². The van der Waals surface area contributed by atoms with Gasteiger partial charge in [0.2, 0.25) is 0 Å². The number of nitrogens with zero attached hydrogens (tertiary/aromatic N) is 2. The van der Waals surface area contributed by atoms with Crippen molar-refractivity contribution in [2.45, 2.75) is 13.5 Å². The zero-order valence-corrected chi connectivity index (χ0v) is 11.0. The van der Waals surface area contributed by atoms with Crippen LogP contribution in [-0.4, -0.2) is 59.3 Å². The third kappa shape index (κ3) is 3.45. The van der Waals surface area contributed by atoms with Gasteiger partial charge in [0, 0.05) is 44.8 Å². The summed E-state index contributed by atoms with van der Waals surface area (Å²) in [6.07, 6.45) is 0. The molecule has 0 atom stereocenters. The Morgan fingerprint density at radius 1 is 1.11 bits per heavy atom. The highest BCUT2D eigenvalue weighted by molar-refractivity contribution is 5.35. The number of rotatable bonds is 4. The molecule has 2 N–H and O–H groups in total. The Kier molecular flexibility index (Phi) is 4.58. The Bertz CT molecular complexity index is 387. The molecule has 0 spiro atoms. The molecule has 4 nitrogen and oxygen atoms in total. The van der Waals surface area contributed by atoms with Gasteiger partial charge >= 0.3 is 0 Å². The minimum absolute atomic E-state index is 0.235. The largest absolute Gasteiger partial charge is 0.508 e. The van der Waals surface area contributed by atoms with Crippen molar-refractivity contribution in [3.63, 3.8) is 0 Å². The van der Waals surface area contributed by atoms with E-state index in [9.17, 15) is 5.11 Å². The number of piperazine rings is 1. The van der Waals surface area contributed by atoms with E-state index in [0.29, 0.717) is 5.75 Å². The smallest absolute Gasteiger partial charge is 0.120 e. The summed E-state index contributed by atoms with van der Waals surface area (Å²) in [6, 6.07) is 5.75. The van der Waals surface area contributed by atoms with Gasteiger partial charge in [-0.3, -0.25) is 9.80 Å². The van der Waals surface area contributed by atoms with Gasteiger partial charge in [-0.1, -0.05) is 17.7 Å². The van der Waals surface area contributed by atoms with E-state index in [-0.39, 0.29) is 6.61 Å². The van der Waals surface area contributed by atoms with Gasteiger partial charge in [-0.25, -0.2) is 0 Å². The van der Waals surface area contributed by atoms with Crippen LogP contribution in [0.3, 0.4) is 0 Å². The van der Waals surface area contributed by atoms with Crippen molar-refractivity contribution in [2.75, 3.05) is 39.3 Å². The van der Waals surface area contributed by atoms with Crippen molar-refractivity contribution in [2.24, 2.45) is 0 Å². The van der Waals surface area contributed by atoms with Gasteiger partial charge in [0.1, 0.15) is 5.75 Å². The number of aliphatic hydroxyl groups excluding tert-OH is 1. The number of phenols is 1. The number of hydrogen-bond donors (Lipinski definition) is 2. The first-order chi connectivity index (χ1) is 8.69. The topological polar surface area (TPSA) is 46.9 Å². The van der Waals surface area contributed by atoms with Gasteiger partial charge in [0.05, 0.1) is 6.61 Å². The van der Waals surface area contributed by atoms with Crippen molar-refractivity contribution >= 4 is 0 Å². The number of aryl methyl sites for hydroxylation is 1. The van der Waals surface area contributed by atoms with Crippen molar-refractivity contribution < 1.29 is 10.2 Å². The predicted molar refractivity (Wildman–Crippen MR) is 71.6 cm³/mol. The molecule has 1 aromatic rings. The first-order valence-corrected chi connectivity index (χ1v) is 6.53. The zero-order chi connectivity index (χ0) is 13.0. The minimum atomic E-state index is 0.235. The maximum atomic E-state index is 9.83. The molecule has 4 heteroatoms. The molecule has 0 unspecified atom stereocenters. The van der Waals surface area contributed by atoms with Crippen LogP contribution >= 0.6 is 0 Å². The lowest BCUT2D eigenvalue weighted by Crippen LogP contribution is -2.46. The fraction of sp³-hybridized carbons (Fsp3) is 0.571. The molecule has 2 rings (SSSR count). The van der Waals surface area contributed by atoms with Crippen molar-refractivity contribution in [1.29, 1.82) is 0 Å². The minimum Gasteiger partial charge on any atom is -0.508 e. The van der Waals surface area contributed by atoms with E-state index in [2.05, 4.69) is 15.9 Å². The van der Waals surface area contributed by atoms with Crippen LogP contribution in [0.15, 0.2) is 18.2 Å². The Labute approximate surface area is 108 Å². The Morgan fingerprint density at radius 3 is 2.44 bits per heavy atom. The van der Waals surface area contributed by atoms with Crippen LogP contribution in [0.25, 0.3) is 0 Å². The van der Waals surface area contributed by atoms with Gasteiger partial charge in [-0.15, -0.1) is 0 Å². The summed E-state index contributed by atoms with van der Waals surface area (Å²) < 4.78 is 0. The van der Waals surface area contributed by atoms with Crippen LogP contribution in [0.5, 0.6) is 5.75 Å². The normalized spacial score (nSPS) is 18.1. The monoisotopic (exact) mass is 250 g/mol. The fourth-order valence-corrected chi connectivity index (χ4v) is 2.39. The molecule has 1 saturated heterocycles. The lowest BCUT2D eigenvalue weighted by molar-refractivity contribution is 0.108. The van der Waals surface area contributed by atoms with Crippen LogP contribution in [0.2, 0.25) is 0 Å². The summed E-state index contributed by atoms with van der Waals surface area (Å²) in [4.78, 5) is 4.62. The van der Waals surface area contributed by atoms with E-state index in [4.69, 9.17) is 5.11 Å². The average molecular weight is 250 g/mol. The number of aromatic hydroxyl groups is 1. The number of hydrogen-bond acceptors (Lipinski definition) is 4. The molecule has 0 aromatic heterocycles. The summed E-state index contributed by atoms with van der Waals surface area (Å²) in [7, 11) is 0. The lowest BCUT2D eigenvalue weighted by Gasteiger charge is -2.34. The predicted octanol–water partition coefficient (Wildman–Crippen LogP) is 0.811. The van der Waals surface area contributed by atoms with Gasteiger partial charge in [0.25, 0.3) is 0 Å². The molecule has 1 heterocycles. The maximum absolute atomic E-state index is 9.83. The summed E-state index contributed by atoms with van der Waals surface area (Å²) in [5.41, 5.74) is 2.19. The summed E-state index contributed by atoms with van der Waals surface area (Å²) in [5.74, 6) is 0.387. The van der Waals surface area contributed by atoms with Crippen LogP contribution < -0.4 is 0 Å². The lowest BCUT2D eigenvalue weighted by atomic mass is 10.1. The van der Waals surface area contributed by atoms with E-state index in [1.54, 1.807) is 6.07 Å². The quantitative estimate of drug-likeness (QED) is 0.830. The van der Waals surface area contributed by atoms with Gasteiger partial charge in [-0.05, 0) is 13.0 Å². The number of phenolic OH excluding ortho intramolecular Hbond substituents is 1. The van der Waals surface area contributed by atoms with Crippen LogP contribution in [0, 0.1) is 6.92 Å². The molecule has 0 radical (unpaired) electrons. The molecule has 1 aliphatic rings. The first kappa shape index (κ1) is 13.3. The second-order valence-electron chi connectivity index (χ2n) is 4.97. The summed E-state index contributed by atoms with van der Waals surface area (Å²) >= 11 is 0. The third-order valence-corrected chi connectivity index (χ3v) is 3.51. The van der Waals surface area contributed by atoms with Gasteiger partial charge in [-0.2, -0.15) is 0 Å². The molecule has 0 amide bonds.